The van der Waals surface area contributed by atoms with Gasteiger partial charge in [0.2, 0.25) is 11.8 Å². The zero-order chi connectivity index (χ0) is 20.5. The molecular weight excluding hydrogens is 376 g/mol. The lowest BCUT2D eigenvalue weighted by Crippen LogP contribution is -2.29. The van der Waals surface area contributed by atoms with E-state index in [1.165, 1.54) is 0 Å². The second-order valence-corrected chi connectivity index (χ2v) is 7.78. The maximum Gasteiger partial charge on any atom is 0.227 e. The molecule has 0 radical (unpaired) electrons. The van der Waals surface area contributed by atoms with Crippen molar-refractivity contribution in [3.05, 3.63) is 60.8 Å². The van der Waals surface area contributed by atoms with E-state index in [4.69, 9.17) is 4.42 Å². The Morgan fingerprint density at radius 3 is 2.70 bits per heavy atom. The number of hydrogen-bond donors (Lipinski definition) is 1. The Bertz CT molecular complexity index is 1140. The predicted octanol–water partition coefficient (Wildman–Crippen LogP) is 4.84. The average molecular weight is 400 g/mol. The Morgan fingerprint density at radius 1 is 1.10 bits per heavy atom. The van der Waals surface area contributed by atoms with Gasteiger partial charge in [-0.25, -0.2) is 4.98 Å². The van der Waals surface area contributed by atoms with E-state index < -0.39 is 0 Å². The van der Waals surface area contributed by atoms with Gasteiger partial charge < -0.3 is 9.73 Å². The van der Waals surface area contributed by atoms with E-state index in [0.717, 1.165) is 47.2 Å². The van der Waals surface area contributed by atoms with Gasteiger partial charge in [-0.05, 0) is 62.1 Å². The number of hydrogen-bond acceptors (Lipinski definition) is 4. The summed E-state index contributed by atoms with van der Waals surface area (Å²) in [4.78, 5) is 16.8. The van der Waals surface area contributed by atoms with Crippen molar-refractivity contribution < 1.29 is 9.21 Å². The van der Waals surface area contributed by atoms with E-state index >= 15 is 0 Å². The Morgan fingerprint density at radius 2 is 1.90 bits per heavy atom. The molecule has 0 saturated heterocycles. The van der Waals surface area contributed by atoms with Gasteiger partial charge in [0.15, 0.2) is 5.58 Å². The fourth-order valence-electron chi connectivity index (χ4n) is 4.35. The molecule has 0 unspecified atom stereocenters. The summed E-state index contributed by atoms with van der Waals surface area (Å²) in [5, 5.41) is 7.53. The van der Waals surface area contributed by atoms with Crippen LogP contribution in [0.1, 0.15) is 32.2 Å². The molecule has 5 rings (SSSR count). The summed E-state index contributed by atoms with van der Waals surface area (Å²) in [5.41, 5.74) is 4.75. The normalized spacial score (nSPS) is 18.7. The lowest BCUT2D eigenvalue weighted by atomic mass is 10.1. The van der Waals surface area contributed by atoms with Gasteiger partial charge in [-0.15, -0.1) is 0 Å². The number of carbonyl (C=O) groups excluding carboxylic acids is 1. The highest BCUT2D eigenvalue weighted by Gasteiger charge is 2.32. The number of benzene rings is 2. The number of nitrogens with zero attached hydrogens (tertiary/aromatic N) is 3. The van der Waals surface area contributed by atoms with Crippen molar-refractivity contribution in [3.8, 4) is 22.7 Å². The van der Waals surface area contributed by atoms with Crippen LogP contribution >= 0.6 is 0 Å². The quantitative estimate of drug-likeness (QED) is 0.520. The van der Waals surface area contributed by atoms with E-state index in [2.05, 4.69) is 32.2 Å². The molecule has 0 spiro atoms. The van der Waals surface area contributed by atoms with E-state index in [0.29, 0.717) is 12.4 Å². The van der Waals surface area contributed by atoms with Gasteiger partial charge in [0.25, 0.3) is 0 Å². The molecule has 2 heterocycles. The number of fused-ring (bicyclic) bond motifs is 1. The zero-order valence-electron chi connectivity index (χ0n) is 16.9. The van der Waals surface area contributed by atoms with Crippen LogP contribution in [0.3, 0.4) is 0 Å². The molecule has 1 N–H and O–H groups in total. The van der Waals surface area contributed by atoms with Crippen LogP contribution in [0.25, 0.3) is 33.8 Å². The molecule has 1 amide bonds. The molecule has 152 valence electrons. The number of rotatable bonds is 5. The minimum Gasteiger partial charge on any atom is -0.436 e. The highest BCUT2D eigenvalue weighted by Crippen LogP contribution is 2.37. The predicted molar refractivity (Wildman–Crippen MR) is 116 cm³/mol. The lowest BCUT2D eigenvalue weighted by Gasteiger charge is -2.15. The second kappa shape index (κ2) is 7.78. The number of para-hydroxylation sites is 2. The molecular formula is C24H24N4O2. The summed E-state index contributed by atoms with van der Waals surface area (Å²) in [6, 6.07) is 18.3. The SMILES string of the molecule is CCNC(=O)[C@H]1CC[C@@H](n2nccc2-c2ccc(-c3nc4ccccc4o3)cc2)C1. The Kier molecular flexibility index (Phi) is 4.83. The first kappa shape index (κ1) is 18.6. The van der Waals surface area contributed by atoms with Gasteiger partial charge >= 0.3 is 0 Å². The van der Waals surface area contributed by atoms with E-state index in [9.17, 15) is 4.79 Å². The molecule has 2 aromatic carbocycles. The molecule has 1 fully saturated rings. The summed E-state index contributed by atoms with van der Waals surface area (Å²) in [5.74, 6) is 0.863. The van der Waals surface area contributed by atoms with Crippen molar-refractivity contribution in [2.24, 2.45) is 5.92 Å². The van der Waals surface area contributed by atoms with E-state index in [1.54, 1.807) is 0 Å². The zero-order valence-corrected chi connectivity index (χ0v) is 16.9. The topological polar surface area (TPSA) is 73.0 Å². The van der Waals surface area contributed by atoms with Crippen molar-refractivity contribution in [1.82, 2.24) is 20.1 Å². The molecule has 6 heteroatoms. The Hall–Kier alpha value is -3.41. The molecule has 2 atom stereocenters. The Balaban J connectivity index is 1.37. The molecule has 0 aliphatic heterocycles. The van der Waals surface area contributed by atoms with Crippen molar-refractivity contribution in [1.29, 1.82) is 0 Å². The van der Waals surface area contributed by atoms with Gasteiger partial charge in [-0.2, -0.15) is 5.10 Å². The Labute approximate surface area is 174 Å². The summed E-state index contributed by atoms with van der Waals surface area (Å²) in [6.45, 7) is 2.64. The van der Waals surface area contributed by atoms with Crippen molar-refractivity contribution in [2.75, 3.05) is 6.54 Å². The van der Waals surface area contributed by atoms with Crippen LogP contribution < -0.4 is 5.32 Å². The van der Waals surface area contributed by atoms with Crippen LogP contribution in [-0.2, 0) is 4.79 Å². The molecule has 2 aromatic heterocycles. The number of oxazole rings is 1. The molecule has 6 nitrogen and oxygen atoms in total. The van der Waals surface area contributed by atoms with Crippen LogP contribution in [0.15, 0.2) is 65.2 Å². The summed E-state index contributed by atoms with van der Waals surface area (Å²) >= 11 is 0. The highest BCUT2D eigenvalue weighted by molar-refractivity contribution is 5.79. The van der Waals surface area contributed by atoms with E-state index in [-0.39, 0.29) is 17.9 Å². The fourth-order valence-corrected chi connectivity index (χ4v) is 4.35. The molecule has 1 aliphatic rings. The fraction of sp³-hybridized carbons (Fsp3) is 0.292. The molecule has 30 heavy (non-hydrogen) atoms. The monoisotopic (exact) mass is 400 g/mol. The maximum absolute atomic E-state index is 12.2. The van der Waals surface area contributed by atoms with Gasteiger partial charge in [0.1, 0.15) is 5.52 Å². The van der Waals surface area contributed by atoms with Crippen LogP contribution in [0.2, 0.25) is 0 Å². The summed E-state index contributed by atoms with van der Waals surface area (Å²) in [7, 11) is 0. The molecule has 1 saturated carbocycles. The minimum atomic E-state index is 0.0773. The third-order valence-corrected chi connectivity index (χ3v) is 5.86. The van der Waals surface area contributed by atoms with Gasteiger partial charge in [0, 0.05) is 24.2 Å². The highest BCUT2D eigenvalue weighted by atomic mass is 16.3. The lowest BCUT2D eigenvalue weighted by molar-refractivity contribution is -0.124. The van der Waals surface area contributed by atoms with Crippen LogP contribution in [0.4, 0.5) is 0 Å². The average Bonchev–Trinajstić information content (AvgIpc) is 3.52. The second-order valence-electron chi connectivity index (χ2n) is 7.78. The van der Waals surface area contributed by atoms with Crippen LogP contribution in [-0.4, -0.2) is 27.2 Å². The smallest absolute Gasteiger partial charge is 0.227 e. The van der Waals surface area contributed by atoms with Crippen molar-refractivity contribution in [3.63, 3.8) is 0 Å². The molecule has 1 aliphatic carbocycles. The number of aromatic nitrogens is 3. The standard InChI is InChI=1S/C24H24N4O2/c1-2-25-23(29)18-11-12-19(15-18)28-21(13-14-26-28)16-7-9-17(10-8-16)24-27-20-5-3-4-6-22(20)30-24/h3-10,13-14,18-19H,2,11-12,15H2,1H3,(H,25,29)/t18-,19+/m0/s1. The first-order valence-electron chi connectivity index (χ1n) is 10.5. The number of amides is 1. The van der Waals surface area contributed by atoms with Gasteiger partial charge in [-0.1, -0.05) is 24.3 Å². The van der Waals surface area contributed by atoms with Crippen LogP contribution in [0.5, 0.6) is 0 Å². The number of carbonyl (C=O) groups is 1. The van der Waals surface area contributed by atoms with Crippen LogP contribution in [0, 0.1) is 5.92 Å². The first-order valence-corrected chi connectivity index (χ1v) is 10.5. The summed E-state index contributed by atoms with van der Waals surface area (Å²) < 4.78 is 7.95. The third-order valence-electron chi connectivity index (χ3n) is 5.86. The van der Waals surface area contributed by atoms with Crippen molar-refractivity contribution >= 4 is 17.0 Å². The van der Waals surface area contributed by atoms with Gasteiger partial charge in [-0.3, -0.25) is 9.48 Å². The third kappa shape index (κ3) is 3.38. The minimum absolute atomic E-state index is 0.0773. The van der Waals surface area contributed by atoms with Gasteiger partial charge in [0.05, 0.1) is 11.7 Å². The molecule has 4 aromatic rings. The van der Waals surface area contributed by atoms with Crippen molar-refractivity contribution in [2.45, 2.75) is 32.2 Å². The number of nitrogens with one attached hydrogen (secondary N) is 1. The largest absolute Gasteiger partial charge is 0.436 e. The maximum atomic E-state index is 12.2. The molecule has 0 bridgehead atoms. The van der Waals surface area contributed by atoms with E-state index in [1.807, 2.05) is 55.6 Å². The summed E-state index contributed by atoms with van der Waals surface area (Å²) in [6.07, 6.45) is 4.55. The first-order chi connectivity index (χ1) is 14.7.